The first-order chi connectivity index (χ1) is 7.75. The van der Waals surface area contributed by atoms with E-state index in [1.54, 1.807) is 18.5 Å². The maximum Gasteiger partial charge on any atom is 0.225 e. The monoisotopic (exact) mass is 214 g/mol. The zero-order valence-corrected chi connectivity index (χ0v) is 9.17. The van der Waals surface area contributed by atoms with Crippen molar-refractivity contribution in [1.82, 2.24) is 9.97 Å². The van der Waals surface area contributed by atoms with Crippen molar-refractivity contribution in [2.45, 2.75) is 6.54 Å². The lowest BCUT2D eigenvalue weighted by atomic mass is 10.2. The van der Waals surface area contributed by atoms with E-state index in [4.69, 9.17) is 5.73 Å². The SMILES string of the molecule is CN(Cc1ccc(N)cc1)c1ncccn1. The highest BCUT2D eigenvalue weighted by Crippen LogP contribution is 2.10. The van der Waals surface area contributed by atoms with E-state index in [1.165, 1.54) is 5.56 Å². The van der Waals surface area contributed by atoms with E-state index in [0.29, 0.717) is 0 Å². The Hall–Kier alpha value is -2.10. The molecule has 0 unspecified atom stereocenters. The second kappa shape index (κ2) is 4.61. The smallest absolute Gasteiger partial charge is 0.225 e. The van der Waals surface area contributed by atoms with E-state index in [9.17, 15) is 0 Å². The molecule has 0 atom stereocenters. The van der Waals surface area contributed by atoms with Crippen LogP contribution in [0.2, 0.25) is 0 Å². The van der Waals surface area contributed by atoms with Crippen molar-refractivity contribution in [3.05, 3.63) is 48.3 Å². The summed E-state index contributed by atoms with van der Waals surface area (Å²) in [4.78, 5) is 10.4. The summed E-state index contributed by atoms with van der Waals surface area (Å²) in [7, 11) is 1.96. The van der Waals surface area contributed by atoms with Gasteiger partial charge in [-0.15, -0.1) is 0 Å². The minimum absolute atomic E-state index is 0.722. The molecule has 0 fully saturated rings. The van der Waals surface area contributed by atoms with Crippen LogP contribution in [0, 0.1) is 0 Å². The summed E-state index contributed by atoms with van der Waals surface area (Å²) in [5, 5.41) is 0. The molecule has 0 aliphatic heterocycles. The zero-order valence-electron chi connectivity index (χ0n) is 9.17. The molecule has 0 aliphatic rings. The Balaban J connectivity index is 2.08. The van der Waals surface area contributed by atoms with Crippen LogP contribution in [0.15, 0.2) is 42.7 Å². The van der Waals surface area contributed by atoms with Crippen molar-refractivity contribution < 1.29 is 0 Å². The van der Waals surface area contributed by atoms with Gasteiger partial charge >= 0.3 is 0 Å². The summed E-state index contributed by atoms with van der Waals surface area (Å²) in [6.45, 7) is 0.768. The van der Waals surface area contributed by atoms with Gasteiger partial charge in [-0.05, 0) is 23.8 Å². The normalized spacial score (nSPS) is 10.1. The van der Waals surface area contributed by atoms with Gasteiger partial charge < -0.3 is 10.6 Å². The highest BCUT2D eigenvalue weighted by molar-refractivity contribution is 5.40. The second-order valence-electron chi connectivity index (χ2n) is 3.65. The second-order valence-corrected chi connectivity index (χ2v) is 3.65. The van der Waals surface area contributed by atoms with E-state index in [2.05, 4.69) is 9.97 Å². The van der Waals surface area contributed by atoms with Crippen molar-refractivity contribution in [2.75, 3.05) is 17.7 Å². The number of hydrogen-bond donors (Lipinski definition) is 1. The van der Waals surface area contributed by atoms with Crippen LogP contribution in [-0.4, -0.2) is 17.0 Å². The number of anilines is 2. The standard InChI is InChI=1S/C12H14N4/c1-16(12-14-7-2-8-15-12)9-10-3-5-11(13)6-4-10/h2-8H,9,13H2,1H3. The van der Waals surface area contributed by atoms with Crippen LogP contribution < -0.4 is 10.6 Å². The van der Waals surface area contributed by atoms with Gasteiger partial charge in [-0.2, -0.15) is 0 Å². The number of nitrogens with two attached hydrogens (primary N) is 1. The molecule has 0 spiro atoms. The molecule has 1 aromatic carbocycles. The van der Waals surface area contributed by atoms with Crippen LogP contribution >= 0.6 is 0 Å². The Kier molecular flexibility index (Phi) is 3.00. The van der Waals surface area contributed by atoms with E-state index in [-0.39, 0.29) is 0 Å². The maximum atomic E-state index is 5.63. The average molecular weight is 214 g/mol. The number of benzene rings is 1. The van der Waals surface area contributed by atoms with E-state index >= 15 is 0 Å². The lowest BCUT2D eigenvalue weighted by molar-refractivity contribution is 0.867. The summed E-state index contributed by atoms with van der Waals surface area (Å²) in [5.41, 5.74) is 7.59. The summed E-state index contributed by atoms with van der Waals surface area (Å²) < 4.78 is 0. The molecule has 2 aromatic rings. The zero-order chi connectivity index (χ0) is 11.4. The Morgan fingerprint density at radius 3 is 2.38 bits per heavy atom. The Bertz CT molecular complexity index is 438. The predicted octanol–water partition coefficient (Wildman–Crippen LogP) is 1.70. The molecule has 0 saturated heterocycles. The number of hydrogen-bond acceptors (Lipinski definition) is 4. The molecule has 2 rings (SSSR count). The van der Waals surface area contributed by atoms with Gasteiger partial charge in [-0.3, -0.25) is 0 Å². The van der Waals surface area contributed by atoms with Crippen molar-refractivity contribution in [2.24, 2.45) is 0 Å². The molecular formula is C12H14N4. The molecule has 0 bridgehead atoms. The minimum Gasteiger partial charge on any atom is -0.399 e. The van der Waals surface area contributed by atoms with E-state index in [1.807, 2.05) is 36.2 Å². The minimum atomic E-state index is 0.722. The number of nitrogens with zero attached hydrogens (tertiary/aromatic N) is 3. The summed E-state index contributed by atoms with van der Waals surface area (Å²) in [6.07, 6.45) is 3.48. The highest BCUT2D eigenvalue weighted by atomic mass is 15.2. The molecule has 82 valence electrons. The van der Waals surface area contributed by atoms with Crippen LogP contribution in [0.25, 0.3) is 0 Å². The van der Waals surface area contributed by atoms with E-state index in [0.717, 1.165) is 18.2 Å². The largest absolute Gasteiger partial charge is 0.399 e. The third-order valence-electron chi connectivity index (χ3n) is 2.29. The maximum absolute atomic E-state index is 5.63. The van der Waals surface area contributed by atoms with Crippen LogP contribution in [-0.2, 0) is 6.54 Å². The molecule has 0 aliphatic carbocycles. The first-order valence-corrected chi connectivity index (χ1v) is 5.08. The molecule has 0 amide bonds. The molecule has 0 saturated carbocycles. The fourth-order valence-electron chi connectivity index (χ4n) is 1.46. The lowest BCUT2D eigenvalue weighted by Crippen LogP contribution is -2.18. The lowest BCUT2D eigenvalue weighted by Gasteiger charge is -2.16. The average Bonchev–Trinajstić information content (AvgIpc) is 2.33. The highest BCUT2D eigenvalue weighted by Gasteiger charge is 2.03. The quantitative estimate of drug-likeness (QED) is 0.790. The topological polar surface area (TPSA) is 55.0 Å². The van der Waals surface area contributed by atoms with Gasteiger partial charge in [0.15, 0.2) is 0 Å². The first-order valence-electron chi connectivity index (χ1n) is 5.08. The molecular weight excluding hydrogens is 200 g/mol. The molecule has 1 aromatic heterocycles. The van der Waals surface area contributed by atoms with Gasteiger partial charge in [0.2, 0.25) is 5.95 Å². The van der Waals surface area contributed by atoms with Crippen molar-refractivity contribution >= 4 is 11.6 Å². The fourth-order valence-corrected chi connectivity index (χ4v) is 1.46. The first kappa shape index (κ1) is 10.4. The molecule has 1 heterocycles. The Labute approximate surface area is 94.8 Å². The van der Waals surface area contributed by atoms with Gasteiger partial charge in [-0.25, -0.2) is 9.97 Å². The van der Waals surface area contributed by atoms with Gasteiger partial charge in [0, 0.05) is 31.7 Å². The molecule has 2 N–H and O–H groups in total. The third kappa shape index (κ3) is 2.48. The van der Waals surface area contributed by atoms with Gasteiger partial charge in [0.05, 0.1) is 0 Å². The molecule has 0 radical (unpaired) electrons. The fraction of sp³-hybridized carbons (Fsp3) is 0.167. The molecule has 4 heteroatoms. The van der Waals surface area contributed by atoms with Crippen LogP contribution in [0.5, 0.6) is 0 Å². The number of aromatic nitrogens is 2. The van der Waals surface area contributed by atoms with Gasteiger partial charge in [0.25, 0.3) is 0 Å². The van der Waals surface area contributed by atoms with Crippen LogP contribution in [0.1, 0.15) is 5.56 Å². The number of rotatable bonds is 3. The Morgan fingerprint density at radius 2 is 1.75 bits per heavy atom. The summed E-state index contributed by atoms with van der Waals surface area (Å²) >= 11 is 0. The van der Waals surface area contributed by atoms with Crippen molar-refractivity contribution in [3.8, 4) is 0 Å². The summed E-state index contributed by atoms with van der Waals surface area (Å²) in [6, 6.07) is 9.62. The van der Waals surface area contributed by atoms with Gasteiger partial charge in [-0.1, -0.05) is 12.1 Å². The van der Waals surface area contributed by atoms with Gasteiger partial charge in [0.1, 0.15) is 0 Å². The predicted molar refractivity (Wildman–Crippen MR) is 65.0 cm³/mol. The summed E-state index contributed by atoms with van der Waals surface area (Å²) in [5.74, 6) is 0.722. The number of nitrogen functional groups attached to an aromatic ring is 1. The third-order valence-corrected chi connectivity index (χ3v) is 2.29. The van der Waals surface area contributed by atoms with Crippen LogP contribution in [0.3, 0.4) is 0 Å². The molecule has 4 nitrogen and oxygen atoms in total. The van der Waals surface area contributed by atoms with E-state index < -0.39 is 0 Å². The van der Waals surface area contributed by atoms with Crippen LogP contribution in [0.4, 0.5) is 11.6 Å². The Morgan fingerprint density at radius 1 is 1.12 bits per heavy atom. The van der Waals surface area contributed by atoms with Crippen molar-refractivity contribution in [3.63, 3.8) is 0 Å². The molecule has 16 heavy (non-hydrogen) atoms. The van der Waals surface area contributed by atoms with Crippen molar-refractivity contribution in [1.29, 1.82) is 0 Å².